The largest absolute Gasteiger partial charge is 0.403 e. The monoisotopic (exact) mass is 448 g/mol. The summed E-state index contributed by atoms with van der Waals surface area (Å²) in [4.78, 5) is 38.7. The topological polar surface area (TPSA) is 84.9 Å². The van der Waals surface area contributed by atoms with Gasteiger partial charge in [-0.25, -0.2) is 24.5 Å². The van der Waals surface area contributed by atoms with Gasteiger partial charge in [-0.3, -0.25) is 0 Å². The molecule has 2 aromatic heterocycles. The summed E-state index contributed by atoms with van der Waals surface area (Å²) < 4.78 is 12.5. The van der Waals surface area contributed by atoms with Crippen LogP contribution < -0.4 is 4.90 Å². The van der Waals surface area contributed by atoms with E-state index in [1.54, 1.807) is 11.3 Å². The third-order valence-electron chi connectivity index (χ3n) is 6.24. The van der Waals surface area contributed by atoms with Crippen LogP contribution in [0, 0.1) is 0 Å². The minimum absolute atomic E-state index is 0.166. The highest BCUT2D eigenvalue weighted by Crippen LogP contribution is 2.37. The summed E-state index contributed by atoms with van der Waals surface area (Å²) in [6.07, 6.45) is 7.54. The van der Waals surface area contributed by atoms with E-state index >= 15 is 0 Å². The first-order valence-electron chi connectivity index (χ1n) is 10.6. The van der Waals surface area contributed by atoms with Crippen molar-refractivity contribution >= 4 is 39.3 Å². The second-order valence-electron chi connectivity index (χ2n) is 8.15. The molecule has 32 heavy (non-hydrogen) atoms. The van der Waals surface area contributed by atoms with Crippen LogP contribution in [0.3, 0.4) is 0 Å². The average Bonchev–Trinajstić information content (AvgIpc) is 3.05. The fraction of sp³-hybridized carbons (Fsp3) is 0.304. The van der Waals surface area contributed by atoms with Gasteiger partial charge in [-0.2, -0.15) is 0 Å². The van der Waals surface area contributed by atoms with Crippen LogP contribution in [0.1, 0.15) is 12.8 Å². The summed E-state index contributed by atoms with van der Waals surface area (Å²) in [5.41, 5.74) is 0.948. The van der Waals surface area contributed by atoms with Gasteiger partial charge in [-0.1, -0.05) is 18.2 Å². The van der Waals surface area contributed by atoms with Crippen molar-refractivity contribution in [3.05, 3.63) is 54.9 Å². The molecule has 1 aromatic carbocycles. The molecule has 4 aliphatic rings. The molecule has 0 unspecified atom stereocenters. The predicted molar refractivity (Wildman–Crippen MR) is 119 cm³/mol. The Hall–Kier alpha value is -3.30. The number of anilines is 1. The van der Waals surface area contributed by atoms with Crippen LogP contribution in [0.25, 0.3) is 20.5 Å². The Kier molecular flexibility index (Phi) is 4.48. The van der Waals surface area contributed by atoms with Crippen molar-refractivity contribution in [1.82, 2.24) is 14.9 Å². The van der Waals surface area contributed by atoms with Gasteiger partial charge in [0.25, 0.3) is 0 Å². The minimum Gasteiger partial charge on any atom is -0.403 e. The Bertz CT molecular complexity index is 1180. The molecule has 0 saturated carbocycles. The van der Waals surface area contributed by atoms with E-state index in [9.17, 15) is 9.59 Å². The molecule has 6 heterocycles. The van der Waals surface area contributed by atoms with Crippen molar-refractivity contribution < 1.29 is 19.1 Å². The molecular formula is C23H20N4O4S. The molecule has 162 valence electrons. The number of piperidine rings is 1. The smallest absolute Gasteiger partial charge is 0.339 e. The van der Waals surface area contributed by atoms with E-state index in [-0.39, 0.29) is 12.6 Å². The Morgan fingerprint density at radius 1 is 1.00 bits per heavy atom. The van der Waals surface area contributed by atoms with Gasteiger partial charge in [0, 0.05) is 58.8 Å². The van der Waals surface area contributed by atoms with E-state index in [2.05, 4.69) is 28.2 Å². The number of fused-ring (bicyclic) bond motifs is 4. The SMILES string of the molecule is O=C1C=CC(=O)OC2(CN(c3ncc(-c4cc5ccccc5s4)cn3)C3CCN2CC3)O1. The van der Waals surface area contributed by atoms with Crippen molar-refractivity contribution in [1.29, 1.82) is 0 Å². The highest BCUT2D eigenvalue weighted by atomic mass is 32.1. The number of hydrogen-bond acceptors (Lipinski definition) is 9. The number of esters is 2. The summed E-state index contributed by atoms with van der Waals surface area (Å²) in [5, 5.41) is 1.20. The molecule has 2 bridgehead atoms. The molecule has 7 rings (SSSR count). The van der Waals surface area contributed by atoms with Crippen LogP contribution in [0.2, 0.25) is 0 Å². The number of benzene rings is 1. The van der Waals surface area contributed by atoms with Crippen LogP contribution in [-0.2, 0) is 19.1 Å². The molecule has 3 fully saturated rings. The first-order valence-corrected chi connectivity index (χ1v) is 11.4. The fourth-order valence-electron chi connectivity index (χ4n) is 4.65. The van der Waals surface area contributed by atoms with Gasteiger partial charge in [-0.15, -0.1) is 11.3 Å². The van der Waals surface area contributed by atoms with Crippen LogP contribution in [0.5, 0.6) is 0 Å². The molecule has 3 aromatic rings. The molecular weight excluding hydrogens is 428 g/mol. The summed E-state index contributed by atoms with van der Waals surface area (Å²) in [6.45, 7) is 1.47. The van der Waals surface area contributed by atoms with E-state index in [0.29, 0.717) is 19.0 Å². The number of nitrogens with zero attached hydrogens (tertiary/aromatic N) is 4. The zero-order chi connectivity index (χ0) is 21.7. The lowest BCUT2D eigenvalue weighted by atomic mass is 10.1. The molecule has 0 N–H and O–H groups in total. The first kappa shape index (κ1) is 19.4. The predicted octanol–water partition coefficient (Wildman–Crippen LogP) is 2.95. The lowest BCUT2D eigenvalue weighted by molar-refractivity contribution is -0.274. The molecule has 0 atom stereocenters. The van der Waals surface area contributed by atoms with E-state index < -0.39 is 17.8 Å². The van der Waals surface area contributed by atoms with Gasteiger partial charge in [0.15, 0.2) is 0 Å². The van der Waals surface area contributed by atoms with Gasteiger partial charge >= 0.3 is 17.8 Å². The second-order valence-corrected chi connectivity index (χ2v) is 9.24. The molecule has 0 amide bonds. The third kappa shape index (κ3) is 3.25. The van der Waals surface area contributed by atoms with Crippen molar-refractivity contribution in [3.63, 3.8) is 0 Å². The van der Waals surface area contributed by atoms with Gasteiger partial charge in [0.1, 0.15) is 6.54 Å². The lowest BCUT2D eigenvalue weighted by Crippen LogP contribution is -2.58. The van der Waals surface area contributed by atoms with Crippen molar-refractivity contribution in [2.75, 3.05) is 24.5 Å². The van der Waals surface area contributed by atoms with Gasteiger partial charge in [0.2, 0.25) is 5.95 Å². The average molecular weight is 449 g/mol. The Morgan fingerprint density at radius 2 is 1.69 bits per heavy atom. The van der Waals surface area contributed by atoms with Gasteiger partial charge in [0.05, 0.1) is 0 Å². The highest BCUT2D eigenvalue weighted by molar-refractivity contribution is 7.22. The normalized spacial score (nSPS) is 24.3. The van der Waals surface area contributed by atoms with Crippen LogP contribution in [0.4, 0.5) is 5.95 Å². The quantitative estimate of drug-likeness (QED) is 0.554. The molecule has 1 spiro atoms. The summed E-state index contributed by atoms with van der Waals surface area (Å²) in [5.74, 6) is -2.13. The van der Waals surface area contributed by atoms with Crippen LogP contribution in [-0.4, -0.2) is 58.4 Å². The standard InChI is InChI=1S/C23H20N4O4S/c28-20-5-6-21(29)31-23(30-20)14-27(17-7-9-26(23)10-8-17)22-24-12-16(13-25-22)19-11-15-3-1-2-4-18(15)32-19/h1-6,11-13,17H,7-10,14H2. The van der Waals surface area contributed by atoms with Crippen molar-refractivity contribution in [2.45, 2.75) is 24.8 Å². The Labute approximate surface area is 188 Å². The summed E-state index contributed by atoms with van der Waals surface area (Å²) >= 11 is 1.71. The number of carbonyl (C=O) groups excluding carboxylic acids is 2. The van der Waals surface area contributed by atoms with Crippen molar-refractivity contribution in [2.24, 2.45) is 0 Å². The van der Waals surface area contributed by atoms with Gasteiger partial charge in [-0.05, 0) is 30.4 Å². The van der Waals surface area contributed by atoms with Crippen molar-refractivity contribution in [3.8, 4) is 10.4 Å². The molecule has 0 radical (unpaired) electrons. The number of hydrogen-bond donors (Lipinski definition) is 0. The molecule has 3 saturated heterocycles. The second kappa shape index (κ2) is 7.39. The number of carbonyl (C=O) groups is 2. The van der Waals surface area contributed by atoms with Gasteiger partial charge < -0.3 is 14.4 Å². The number of thiophene rings is 1. The fourth-order valence-corrected chi connectivity index (χ4v) is 5.69. The molecule has 8 nitrogen and oxygen atoms in total. The number of ether oxygens (including phenoxy) is 2. The third-order valence-corrected chi connectivity index (χ3v) is 7.40. The zero-order valence-corrected chi connectivity index (χ0v) is 18.0. The Morgan fingerprint density at radius 3 is 2.38 bits per heavy atom. The summed E-state index contributed by atoms with van der Waals surface area (Å²) in [6, 6.07) is 10.6. The zero-order valence-electron chi connectivity index (χ0n) is 17.1. The van der Waals surface area contributed by atoms with E-state index in [1.807, 2.05) is 34.3 Å². The Balaban J connectivity index is 1.33. The maximum Gasteiger partial charge on any atom is 0.339 e. The van der Waals surface area contributed by atoms with E-state index in [4.69, 9.17) is 9.47 Å². The molecule has 4 aliphatic heterocycles. The maximum absolute atomic E-state index is 12.2. The number of rotatable bonds is 2. The first-order chi connectivity index (χ1) is 15.6. The maximum atomic E-state index is 12.2. The van der Waals surface area contributed by atoms with Crippen LogP contribution >= 0.6 is 11.3 Å². The molecule has 0 aliphatic carbocycles. The summed E-state index contributed by atoms with van der Waals surface area (Å²) in [7, 11) is 0. The highest BCUT2D eigenvalue weighted by Gasteiger charge is 2.53. The number of aromatic nitrogens is 2. The van der Waals surface area contributed by atoms with E-state index in [1.165, 1.54) is 10.1 Å². The lowest BCUT2D eigenvalue weighted by Gasteiger charge is -2.39. The minimum atomic E-state index is -1.48. The van der Waals surface area contributed by atoms with Crippen LogP contribution in [0.15, 0.2) is 54.9 Å². The van der Waals surface area contributed by atoms with E-state index in [0.717, 1.165) is 35.4 Å². The molecule has 9 heteroatoms.